The van der Waals surface area contributed by atoms with Crippen LogP contribution in [0.1, 0.15) is 0 Å². The van der Waals surface area contributed by atoms with E-state index in [-0.39, 0.29) is 0 Å². The Bertz CT molecular complexity index is 418. The number of hydrogen-bond acceptors (Lipinski definition) is 1. The molecule has 0 aromatic heterocycles. The molecule has 1 radical (unpaired) electrons. The molecule has 0 spiro atoms. The molecule has 0 bridgehead atoms. The second-order valence-electron chi connectivity index (χ2n) is 3.34. The zero-order valence-electron chi connectivity index (χ0n) is 7.91. The van der Waals surface area contributed by atoms with Gasteiger partial charge in [0.2, 0.25) is 0 Å². The maximum atomic E-state index is 3.22. The van der Waals surface area contributed by atoms with Crippen molar-refractivity contribution in [3.8, 4) is 0 Å². The van der Waals surface area contributed by atoms with E-state index in [0.717, 1.165) is 0 Å². The molecular formula is C12H12N. The standard InChI is InChI=1S/C12H12N/c1-13(2)12-8-7-10-5-3-4-6-11(10)9-12/h3-5,7-9H,1-2H3. The molecule has 2 aromatic rings. The highest BCUT2D eigenvalue weighted by Gasteiger charge is 1.96. The fourth-order valence-electron chi connectivity index (χ4n) is 1.38. The highest BCUT2D eigenvalue weighted by molar-refractivity contribution is 5.85. The Balaban J connectivity index is 2.62. The Morgan fingerprint density at radius 3 is 2.77 bits per heavy atom. The predicted molar refractivity (Wildman–Crippen MR) is 57.1 cm³/mol. The van der Waals surface area contributed by atoms with Crippen LogP contribution in [0.2, 0.25) is 0 Å². The number of fused-ring (bicyclic) bond motifs is 1. The summed E-state index contributed by atoms with van der Waals surface area (Å²) in [6, 6.07) is 15.7. The van der Waals surface area contributed by atoms with Crippen LogP contribution < -0.4 is 4.90 Å². The van der Waals surface area contributed by atoms with Crippen molar-refractivity contribution in [2.45, 2.75) is 0 Å². The molecule has 0 aliphatic carbocycles. The van der Waals surface area contributed by atoms with E-state index in [4.69, 9.17) is 0 Å². The van der Waals surface area contributed by atoms with Gasteiger partial charge >= 0.3 is 0 Å². The zero-order valence-corrected chi connectivity index (χ0v) is 7.91. The normalized spacial score (nSPS) is 10.3. The Kier molecular flexibility index (Phi) is 1.93. The van der Waals surface area contributed by atoms with Gasteiger partial charge in [-0.25, -0.2) is 0 Å². The molecule has 0 N–H and O–H groups in total. The SMILES string of the molecule is CN(C)c1ccc2ccc[c]c2c1. The summed E-state index contributed by atoms with van der Waals surface area (Å²) in [4.78, 5) is 2.10. The molecule has 0 atom stereocenters. The molecule has 0 heterocycles. The van der Waals surface area contributed by atoms with Crippen LogP contribution in [0.25, 0.3) is 10.8 Å². The molecule has 2 rings (SSSR count). The van der Waals surface area contributed by atoms with Crippen LogP contribution in [0.5, 0.6) is 0 Å². The van der Waals surface area contributed by atoms with Gasteiger partial charge in [-0.2, -0.15) is 0 Å². The molecule has 0 fully saturated rings. The van der Waals surface area contributed by atoms with Gasteiger partial charge in [-0.3, -0.25) is 0 Å². The summed E-state index contributed by atoms with van der Waals surface area (Å²) >= 11 is 0. The lowest BCUT2D eigenvalue weighted by atomic mass is 10.1. The number of benzene rings is 2. The molecular weight excluding hydrogens is 158 g/mol. The number of nitrogens with zero attached hydrogens (tertiary/aromatic N) is 1. The highest BCUT2D eigenvalue weighted by atomic mass is 15.1. The number of anilines is 1. The summed E-state index contributed by atoms with van der Waals surface area (Å²) in [7, 11) is 4.09. The average molecular weight is 170 g/mol. The Hall–Kier alpha value is -1.50. The van der Waals surface area contributed by atoms with Gasteiger partial charge < -0.3 is 4.90 Å². The van der Waals surface area contributed by atoms with Crippen LogP contribution in [0.15, 0.2) is 36.4 Å². The van der Waals surface area contributed by atoms with Crippen molar-refractivity contribution in [3.05, 3.63) is 42.5 Å². The summed E-state index contributed by atoms with van der Waals surface area (Å²) in [5, 5.41) is 2.42. The molecule has 2 aromatic carbocycles. The first-order valence-corrected chi connectivity index (χ1v) is 4.35. The van der Waals surface area contributed by atoms with E-state index in [1.165, 1.54) is 16.5 Å². The van der Waals surface area contributed by atoms with Crippen molar-refractivity contribution in [2.75, 3.05) is 19.0 Å². The maximum Gasteiger partial charge on any atom is 0.0367 e. The Labute approximate surface area is 78.6 Å². The highest BCUT2D eigenvalue weighted by Crippen LogP contribution is 2.19. The minimum atomic E-state index is 1.17. The summed E-state index contributed by atoms with van der Waals surface area (Å²) in [6.45, 7) is 0. The molecule has 13 heavy (non-hydrogen) atoms. The Morgan fingerprint density at radius 1 is 1.15 bits per heavy atom. The first-order chi connectivity index (χ1) is 6.27. The molecule has 0 amide bonds. The lowest BCUT2D eigenvalue weighted by Crippen LogP contribution is -2.07. The molecule has 0 saturated heterocycles. The summed E-state index contributed by atoms with van der Waals surface area (Å²) in [5.74, 6) is 0. The summed E-state index contributed by atoms with van der Waals surface area (Å²) in [5.41, 5.74) is 1.22. The second kappa shape index (κ2) is 3.09. The van der Waals surface area contributed by atoms with Gasteiger partial charge in [0, 0.05) is 19.8 Å². The zero-order chi connectivity index (χ0) is 9.26. The van der Waals surface area contributed by atoms with E-state index < -0.39 is 0 Å². The lowest BCUT2D eigenvalue weighted by Gasteiger charge is -2.12. The van der Waals surface area contributed by atoms with E-state index in [0.29, 0.717) is 0 Å². The van der Waals surface area contributed by atoms with E-state index in [2.05, 4.69) is 35.2 Å². The molecule has 0 unspecified atom stereocenters. The second-order valence-corrected chi connectivity index (χ2v) is 3.34. The van der Waals surface area contributed by atoms with Crippen LogP contribution in [0, 0.1) is 6.07 Å². The van der Waals surface area contributed by atoms with Crippen molar-refractivity contribution in [3.63, 3.8) is 0 Å². The third kappa shape index (κ3) is 1.50. The minimum Gasteiger partial charge on any atom is -0.378 e. The largest absolute Gasteiger partial charge is 0.378 e. The molecule has 0 aliphatic rings. The van der Waals surface area contributed by atoms with E-state index in [1.807, 2.05) is 26.2 Å². The minimum absolute atomic E-state index is 1.17. The van der Waals surface area contributed by atoms with Crippen LogP contribution in [0.4, 0.5) is 5.69 Å². The number of hydrogen-bond donors (Lipinski definition) is 0. The van der Waals surface area contributed by atoms with E-state index in [1.54, 1.807) is 0 Å². The van der Waals surface area contributed by atoms with Gasteiger partial charge in [0.05, 0.1) is 0 Å². The van der Waals surface area contributed by atoms with Crippen LogP contribution in [-0.4, -0.2) is 14.1 Å². The van der Waals surface area contributed by atoms with Gasteiger partial charge in [0.25, 0.3) is 0 Å². The fraction of sp³-hybridized carbons (Fsp3) is 0.167. The summed E-state index contributed by atoms with van der Waals surface area (Å²) in [6.07, 6.45) is 0. The van der Waals surface area contributed by atoms with Gasteiger partial charge in [-0.1, -0.05) is 24.3 Å². The smallest absolute Gasteiger partial charge is 0.0367 e. The number of rotatable bonds is 1. The fourth-order valence-corrected chi connectivity index (χ4v) is 1.38. The first-order valence-electron chi connectivity index (χ1n) is 4.35. The lowest BCUT2D eigenvalue weighted by molar-refractivity contribution is 1.14. The van der Waals surface area contributed by atoms with Gasteiger partial charge in [0.1, 0.15) is 0 Å². The van der Waals surface area contributed by atoms with Crippen LogP contribution in [0.3, 0.4) is 0 Å². The van der Waals surface area contributed by atoms with Gasteiger partial charge in [-0.05, 0) is 29.0 Å². The van der Waals surface area contributed by atoms with E-state index >= 15 is 0 Å². The van der Waals surface area contributed by atoms with Crippen molar-refractivity contribution in [2.24, 2.45) is 0 Å². The van der Waals surface area contributed by atoms with Crippen molar-refractivity contribution in [1.29, 1.82) is 0 Å². The molecule has 1 nitrogen and oxygen atoms in total. The van der Waals surface area contributed by atoms with Gasteiger partial charge in [0.15, 0.2) is 0 Å². The third-order valence-electron chi connectivity index (χ3n) is 2.16. The third-order valence-corrected chi connectivity index (χ3v) is 2.16. The first kappa shape index (κ1) is 8.11. The average Bonchev–Trinajstić information content (AvgIpc) is 2.17. The van der Waals surface area contributed by atoms with Crippen LogP contribution >= 0.6 is 0 Å². The molecule has 0 saturated carbocycles. The van der Waals surface area contributed by atoms with Crippen LogP contribution in [-0.2, 0) is 0 Å². The van der Waals surface area contributed by atoms with Crippen molar-refractivity contribution < 1.29 is 0 Å². The van der Waals surface area contributed by atoms with E-state index in [9.17, 15) is 0 Å². The predicted octanol–water partition coefficient (Wildman–Crippen LogP) is 2.71. The van der Waals surface area contributed by atoms with Crippen molar-refractivity contribution >= 4 is 16.5 Å². The molecule has 65 valence electrons. The molecule has 0 aliphatic heterocycles. The molecule has 1 heteroatoms. The summed E-state index contributed by atoms with van der Waals surface area (Å²) < 4.78 is 0. The Morgan fingerprint density at radius 2 is 2.00 bits per heavy atom. The van der Waals surface area contributed by atoms with Gasteiger partial charge in [-0.15, -0.1) is 0 Å². The quantitative estimate of drug-likeness (QED) is 0.636. The van der Waals surface area contributed by atoms with Crippen molar-refractivity contribution in [1.82, 2.24) is 0 Å². The monoisotopic (exact) mass is 170 g/mol. The topological polar surface area (TPSA) is 3.24 Å². The maximum absolute atomic E-state index is 3.22.